The zero-order valence-corrected chi connectivity index (χ0v) is 9.35. The Hall–Kier alpha value is -1.95. The molecule has 1 atom stereocenters. The van der Waals surface area contributed by atoms with Crippen molar-refractivity contribution in [1.82, 2.24) is 10.2 Å². The number of nitrogens with one attached hydrogen (secondary N) is 1. The highest BCUT2D eigenvalue weighted by molar-refractivity contribution is 5.28. The predicted molar refractivity (Wildman–Crippen MR) is 60.6 cm³/mol. The number of nitrogens with zero attached hydrogens (tertiary/aromatic N) is 2. The van der Waals surface area contributed by atoms with Crippen LogP contribution in [0.3, 0.4) is 0 Å². The van der Waals surface area contributed by atoms with E-state index < -0.39 is 0 Å². The molecule has 6 heteroatoms. The summed E-state index contributed by atoms with van der Waals surface area (Å²) in [5, 5.41) is 10.5. The van der Waals surface area contributed by atoms with Crippen molar-refractivity contribution in [1.29, 1.82) is 0 Å². The molecule has 2 rings (SSSR count). The number of rotatable bonds is 4. The molecule has 1 aromatic heterocycles. The lowest BCUT2D eigenvalue weighted by Gasteiger charge is -2.11. The number of nitrogens with two attached hydrogens (primary N) is 1. The van der Waals surface area contributed by atoms with Crippen molar-refractivity contribution in [3.8, 4) is 0 Å². The molecule has 3 N–H and O–H groups in total. The van der Waals surface area contributed by atoms with Gasteiger partial charge in [0.05, 0.1) is 12.6 Å². The molecule has 0 bridgehead atoms. The molecule has 2 aromatic rings. The van der Waals surface area contributed by atoms with E-state index in [1.807, 2.05) is 6.92 Å². The summed E-state index contributed by atoms with van der Waals surface area (Å²) in [6, 6.07) is 6.48. The second-order valence-electron chi connectivity index (χ2n) is 3.62. The van der Waals surface area contributed by atoms with E-state index >= 15 is 0 Å². The summed E-state index contributed by atoms with van der Waals surface area (Å²) in [4.78, 5) is 0. The first-order valence-corrected chi connectivity index (χ1v) is 5.23. The van der Waals surface area contributed by atoms with Gasteiger partial charge in [-0.15, -0.1) is 5.10 Å². The quantitative estimate of drug-likeness (QED) is 0.847. The maximum absolute atomic E-state index is 12.8. The summed E-state index contributed by atoms with van der Waals surface area (Å²) in [6.45, 7) is 2.12. The largest absolute Gasteiger partial charge is 0.407 e. The SMILES string of the molecule is CC(Nc1nnc(CN)o1)c1ccc(F)cc1. The van der Waals surface area contributed by atoms with Gasteiger partial charge in [-0.1, -0.05) is 17.2 Å². The molecule has 1 heterocycles. The molecule has 0 radical (unpaired) electrons. The molecule has 1 unspecified atom stereocenters. The minimum atomic E-state index is -0.260. The minimum absolute atomic E-state index is 0.0540. The molecule has 0 saturated heterocycles. The molecule has 1 aromatic carbocycles. The first-order valence-electron chi connectivity index (χ1n) is 5.23. The number of anilines is 1. The van der Waals surface area contributed by atoms with E-state index in [2.05, 4.69) is 15.5 Å². The van der Waals surface area contributed by atoms with Crippen LogP contribution >= 0.6 is 0 Å². The zero-order chi connectivity index (χ0) is 12.3. The maximum Gasteiger partial charge on any atom is 0.315 e. The fraction of sp³-hybridized carbons (Fsp3) is 0.273. The van der Waals surface area contributed by atoms with E-state index in [0.29, 0.717) is 11.9 Å². The van der Waals surface area contributed by atoms with Crippen molar-refractivity contribution in [2.75, 3.05) is 5.32 Å². The van der Waals surface area contributed by atoms with Crippen molar-refractivity contribution >= 4 is 6.01 Å². The van der Waals surface area contributed by atoms with Gasteiger partial charge in [-0.05, 0) is 24.6 Å². The summed E-state index contributed by atoms with van der Waals surface area (Å²) < 4.78 is 18.0. The van der Waals surface area contributed by atoms with Gasteiger partial charge in [0, 0.05) is 0 Å². The van der Waals surface area contributed by atoms with E-state index in [4.69, 9.17) is 10.2 Å². The maximum atomic E-state index is 12.8. The van der Waals surface area contributed by atoms with E-state index in [0.717, 1.165) is 5.56 Å². The third-order valence-corrected chi connectivity index (χ3v) is 2.35. The lowest BCUT2D eigenvalue weighted by Crippen LogP contribution is -2.06. The Kier molecular flexibility index (Phi) is 3.34. The van der Waals surface area contributed by atoms with Crippen molar-refractivity contribution in [3.05, 3.63) is 41.5 Å². The van der Waals surface area contributed by atoms with Crippen LogP contribution in [0.1, 0.15) is 24.4 Å². The summed E-state index contributed by atoms with van der Waals surface area (Å²) in [6.07, 6.45) is 0. The Bertz CT molecular complexity index is 482. The molecule has 0 fully saturated rings. The van der Waals surface area contributed by atoms with Gasteiger partial charge in [-0.25, -0.2) is 4.39 Å². The third kappa shape index (κ3) is 2.79. The lowest BCUT2D eigenvalue weighted by atomic mass is 10.1. The number of halogens is 1. The molecule has 17 heavy (non-hydrogen) atoms. The van der Waals surface area contributed by atoms with E-state index in [1.54, 1.807) is 12.1 Å². The zero-order valence-electron chi connectivity index (χ0n) is 9.35. The third-order valence-electron chi connectivity index (χ3n) is 2.35. The summed E-state index contributed by atoms with van der Waals surface area (Å²) in [5.74, 6) is 0.114. The first kappa shape index (κ1) is 11.5. The Morgan fingerprint density at radius 2 is 2.06 bits per heavy atom. The highest BCUT2D eigenvalue weighted by Gasteiger charge is 2.10. The van der Waals surface area contributed by atoms with Gasteiger partial charge in [0.25, 0.3) is 0 Å². The second kappa shape index (κ2) is 4.92. The Balaban J connectivity index is 2.05. The Labute approximate surface area is 97.8 Å². The average Bonchev–Trinajstić information content (AvgIpc) is 2.77. The highest BCUT2D eigenvalue weighted by atomic mass is 19.1. The lowest BCUT2D eigenvalue weighted by molar-refractivity contribution is 0.503. The standard InChI is InChI=1S/C11H13FN4O/c1-7(8-2-4-9(12)5-3-8)14-11-16-15-10(6-13)17-11/h2-5,7H,6,13H2,1H3,(H,14,16). The van der Waals surface area contributed by atoms with Crippen LogP contribution in [0, 0.1) is 5.82 Å². The van der Waals surface area contributed by atoms with E-state index in [-0.39, 0.29) is 18.4 Å². The van der Waals surface area contributed by atoms with Crippen LogP contribution < -0.4 is 11.1 Å². The molecule has 0 saturated carbocycles. The van der Waals surface area contributed by atoms with E-state index in [9.17, 15) is 4.39 Å². The van der Waals surface area contributed by atoms with Gasteiger partial charge in [0.15, 0.2) is 0 Å². The van der Waals surface area contributed by atoms with Gasteiger partial charge in [-0.3, -0.25) is 0 Å². The summed E-state index contributed by atoms with van der Waals surface area (Å²) in [5.41, 5.74) is 6.29. The average molecular weight is 236 g/mol. The van der Waals surface area contributed by atoms with Crippen LogP contribution in [0.2, 0.25) is 0 Å². The molecule has 0 aliphatic heterocycles. The van der Waals surface area contributed by atoms with Gasteiger partial charge >= 0.3 is 6.01 Å². The van der Waals surface area contributed by atoms with Crippen LogP contribution in [0.5, 0.6) is 0 Å². The summed E-state index contributed by atoms with van der Waals surface area (Å²) in [7, 11) is 0. The van der Waals surface area contributed by atoms with Crippen molar-refractivity contribution < 1.29 is 8.81 Å². The van der Waals surface area contributed by atoms with Gasteiger partial charge in [0.2, 0.25) is 5.89 Å². The fourth-order valence-electron chi connectivity index (χ4n) is 1.41. The van der Waals surface area contributed by atoms with Crippen LogP contribution in [0.25, 0.3) is 0 Å². The predicted octanol–water partition coefficient (Wildman–Crippen LogP) is 1.84. The molecule has 5 nitrogen and oxygen atoms in total. The number of hydrogen-bond donors (Lipinski definition) is 2. The number of aromatic nitrogens is 2. The van der Waals surface area contributed by atoms with Gasteiger partial charge < -0.3 is 15.5 Å². The Morgan fingerprint density at radius 1 is 1.35 bits per heavy atom. The molecule has 0 spiro atoms. The van der Waals surface area contributed by atoms with Crippen LogP contribution in [0.15, 0.2) is 28.7 Å². The van der Waals surface area contributed by atoms with Crippen molar-refractivity contribution in [3.63, 3.8) is 0 Å². The topological polar surface area (TPSA) is 77.0 Å². The fourth-order valence-corrected chi connectivity index (χ4v) is 1.41. The van der Waals surface area contributed by atoms with Crippen LogP contribution in [-0.2, 0) is 6.54 Å². The first-order chi connectivity index (χ1) is 8.19. The Morgan fingerprint density at radius 3 is 2.65 bits per heavy atom. The molecule has 0 aliphatic rings. The number of benzene rings is 1. The molecule has 90 valence electrons. The van der Waals surface area contributed by atoms with Crippen LogP contribution in [0.4, 0.5) is 10.4 Å². The smallest absolute Gasteiger partial charge is 0.315 e. The number of hydrogen-bond acceptors (Lipinski definition) is 5. The normalized spacial score (nSPS) is 12.4. The van der Waals surface area contributed by atoms with Crippen molar-refractivity contribution in [2.45, 2.75) is 19.5 Å². The molecule has 0 aliphatic carbocycles. The highest BCUT2D eigenvalue weighted by Crippen LogP contribution is 2.18. The van der Waals surface area contributed by atoms with Crippen molar-refractivity contribution in [2.24, 2.45) is 5.73 Å². The monoisotopic (exact) mass is 236 g/mol. The molecule has 0 amide bonds. The minimum Gasteiger partial charge on any atom is -0.407 e. The molecular formula is C11H13FN4O. The van der Waals surface area contributed by atoms with Gasteiger partial charge in [0.1, 0.15) is 5.82 Å². The van der Waals surface area contributed by atoms with E-state index in [1.165, 1.54) is 12.1 Å². The summed E-state index contributed by atoms with van der Waals surface area (Å²) >= 11 is 0. The molecular weight excluding hydrogens is 223 g/mol. The van der Waals surface area contributed by atoms with Gasteiger partial charge in [-0.2, -0.15) is 0 Å². The second-order valence-corrected chi connectivity index (χ2v) is 3.62. The van der Waals surface area contributed by atoms with Crippen LogP contribution in [-0.4, -0.2) is 10.2 Å².